The first kappa shape index (κ1) is 17.6. The Morgan fingerprint density at radius 1 is 1.20 bits per heavy atom. The second-order valence-electron chi connectivity index (χ2n) is 5.82. The molecule has 25 heavy (non-hydrogen) atoms. The third-order valence-corrected chi connectivity index (χ3v) is 4.57. The molecule has 5 nitrogen and oxygen atoms in total. The largest absolute Gasteiger partial charge is 0.457 e. The molecule has 0 aromatic heterocycles. The van der Waals surface area contributed by atoms with E-state index in [0.717, 1.165) is 11.1 Å². The van der Waals surface area contributed by atoms with E-state index in [9.17, 15) is 9.90 Å². The van der Waals surface area contributed by atoms with E-state index in [4.69, 9.17) is 21.1 Å². The van der Waals surface area contributed by atoms with Gasteiger partial charge in [-0.3, -0.25) is 0 Å². The Hall–Kier alpha value is -2.24. The molecule has 132 valence electrons. The standard InChI is InChI=1S/C19H20ClNO4/c1-2-24-19(23)21-10-15-14-9-12(20)7-8-18(14)25-17-6-4-3-5-13(17)16(15)11-22/h3-9,15-16,22H,2,10-11H2,1H3,(H,21,23). The minimum absolute atomic E-state index is 0.0818. The molecule has 2 aromatic rings. The van der Waals surface area contributed by atoms with Gasteiger partial charge >= 0.3 is 6.09 Å². The Bertz CT molecular complexity index is 765. The Labute approximate surface area is 151 Å². The molecule has 0 saturated heterocycles. The molecular formula is C19H20ClNO4. The topological polar surface area (TPSA) is 67.8 Å². The number of amides is 1. The van der Waals surface area contributed by atoms with E-state index >= 15 is 0 Å². The van der Waals surface area contributed by atoms with Crippen LogP contribution in [0.3, 0.4) is 0 Å². The number of hydrogen-bond acceptors (Lipinski definition) is 4. The summed E-state index contributed by atoms with van der Waals surface area (Å²) in [5, 5.41) is 13.4. The van der Waals surface area contributed by atoms with E-state index in [0.29, 0.717) is 29.7 Å². The van der Waals surface area contributed by atoms with Crippen LogP contribution in [0.15, 0.2) is 42.5 Å². The average Bonchev–Trinajstić information content (AvgIpc) is 2.74. The molecule has 0 radical (unpaired) electrons. The first-order chi connectivity index (χ1) is 12.1. The van der Waals surface area contributed by atoms with E-state index in [1.165, 1.54) is 0 Å². The molecule has 1 aliphatic heterocycles. The van der Waals surface area contributed by atoms with Gasteiger partial charge in [-0.1, -0.05) is 29.8 Å². The minimum Gasteiger partial charge on any atom is -0.457 e. The Kier molecular flexibility index (Phi) is 5.46. The van der Waals surface area contributed by atoms with Crippen LogP contribution < -0.4 is 10.1 Å². The fourth-order valence-corrected chi connectivity index (χ4v) is 3.37. The number of benzene rings is 2. The van der Waals surface area contributed by atoms with Crippen LogP contribution in [0.1, 0.15) is 29.9 Å². The van der Waals surface area contributed by atoms with E-state index in [-0.39, 0.29) is 18.4 Å². The van der Waals surface area contributed by atoms with Crippen LogP contribution in [0.4, 0.5) is 4.79 Å². The molecule has 0 bridgehead atoms. The van der Waals surface area contributed by atoms with Crippen molar-refractivity contribution in [3.8, 4) is 11.5 Å². The zero-order chi connectivity index (χ0) is 17.8. The van der Waals surface area contributed by atoms with Crippen LogP contribution in [-0.4, -0.2) is 31.0 Å². The monoisotopic (exact) mass is 361 g/mol. The summed E-state index contributed by atoms with van der Waals surface area (Å²) in [7, 11) is 0. The lowest BCUT2D eigenvalue weighted by atomic mass is 9.82. The zero-order valence-electron chi connectivity index (χ0n) is 13.9. The number of hydrogen-bond donors (Lipinski definition) is 2. The number of halogens is 1. The van der Waals surface area contributed by atoms with Crippen molar-refractivity contribution in [1.82, 2.24) is 5.32 Å². The lowest BCUT2D eigenvalue weighted by molar-refractivity contribution is 0.150. The van der Waals surface area contributed by atoms with Gasteiger partial charge < -0.3 is 19.9 Å². The molecule has 6 heteroatoms. The molecule has 0 aliphatic carbocycles. The number of alkyl carbamates (subject to hydrolysis) is 1. The number of fused-ring (bicyclic) bond motifs is 2. The summed E-state index contributed by atoms with van der Waals surface area (Å²) in [6.07, 6.45) is -0.485. The molecule has 1 amide bonds. The molecule has 0 saturated carbocycles. The third-order valence-electron chi connectivity index (χ3n) is 4.33. The van der Waals surface area contributed by atoms with Crippen LogP contribution in [-0.2, 0) is 4.74 Å². The quantitative estimate of drug-likeness (QED) is 0.862. The van der Waals surface area contributed by atoms with Crippen LogP contribution in [0, 0.1) is 0 Å². The summed E-state index contributed by atoms with van der Waals surface area (Å²) >= 11 is 6.18. The van der Waals surface area contributed by atoms with Crippen LogP contribution in [0.25, 0.3) is 0 Å². The van der Waals surface area contributed by atoms with Gasteiger partial charge in [-0.05, 0) is 31.2 Å². The maximum atomic E-state index is 11.7. The average molecular weight is 362 g/mol. The van der Waals surface area contributed by atoms with Crippen molar-refractivity contribution in [3.63, 3.8) is 0 Å². The Morgan fingerprint density at radius 3 is 2.72 bits per heavy atom. The first-order valence-corrected chi connectivity index (χ1v) is 8.59. The van der Waals surface area contributed by atoms with Gasteiger partial charge in [-0.25, -0.2) is 4.79 Å². The summed E-state index contributed by atoms with van der Waals surface area (Å²) in [6.45, 7) is 2.27. The summed E-state index contributed by atoms with van der Waals surface area (Å²) in [6, 6.07) is 13.0. The second-order valence-corrected chi connectivity index (χ2v) is 6.26. The number of aliphatic hydroxyl groups excluding tert-OH is 1. The van der Waals surface area contributed by atoms with Gasteiger partial charge in [0.2, 0.25) is 0 Å². The highest BCUT2D eigenvalue weighted by atomic mass is 35.5. The van der Waals surface area contributed by atoms with Gasteiger partial charge in [-0.15, -0.1) is 0 Å². The number of rotatable bonds is 4. The number of aliphatic hydroxyl groups is 1. The zero-order valence-corrected chi connectivity index (χ0v) is 14.6. The van der Waals surface area contributed by atoms with Crippen molar-refractivity contribution >= 4 is 17.7 Å². The van der Waals surface area contributed by atoms with Crippen molar-refractivity contribution in [3.05, 3.63) is 58.6 Å². The summed E-state index contributed by atoms with van der Waals surface area (Å²) < 4.78 is 11.0. The molecule has 1 heterocycles. The molecule has 1 aliphatic rings. The van der Waals surface area contributed by atoms with Gasteiger partial charge in [0.05, 0.1) is 13.2 Å². The smallest absolute Gasteiger partial charge is 0.407 e. The summed E-state index contributed by atoms with van der Waals surface area (Å²) in [5.74, 6) is 0.928. The van der Waals surface area contributed by atoms with Gasteiger partial charge in [0.1, 0.15) is 11.5 Å². The normalized spacial score (nSPS) is 18.4. The lowest BCUT2D eigenvalue weighted by Gasteiger charge is -2.25. The number of para-hydroxylation sites is 1. The van der Waals surface area contributed by atoms with Crippen LogP contribution >= 0.6 is 11.6 Å². The van der Waals surface area contributed by atoms with E-state index < -0.39 is 6.09 Å². The second kappa shape index (κ2) is 7.76. The van der Waals surface area contributed by atoms with Gasteiger partial charge in [-0.2, -0.15) is 0 Å². The molecule has 0 spiro atoms. The Morgan fingerprint density at radius 2 is 1.96 bits per heavy atom. The molecule has 2 aromatic carbocycles. The Balaban J connectivity index is 2.02. The maximum absolute atomic E-state index is 11.7. The van der Waals surface area contributed by atoms with Crippen molar-refractivity contribution in [2.24, 2.45) is 0 Å². The highest BCUT2D eigenvalue weighted by Crippen LogP contribution is 2.46. The molecule has 2 atom stereocenters. The molecule has 3 rings (SSSR count). The van der Waals surface area contributed by atoms with E-state index in [1.807, 2.05) is 36.4 Å². The predicted molar refractivity (Wildman–Crippen MR) is 95.6 cm³/mol. The molecular weight excluding hydrogens is 342 g/mol. The summed E-state index contributed by atoms with van der Waals surface area (Å²) in [5.41, 5.74) is 1.74. The highest BCUT2D eigenvalue weighted by molar-refractivity contribution is 6.30. The maximum Gasteiger partial charge on any atom is 0.407 e. The molecule has 2 N–H and O–H groups in total. The van der Waals surface area contributed by atoms with Crippen LogP contribution in [0.5, 0.6) is 11.5 Å². The number of nitrogens with one attached hydrogen (secondary N) is 1. The van der Waals surface area contributed by atoms with Gasteiger partial charge in [0.15, 0.2) is 0 Å². The number of ether oxygens (including phenoxy) is 2. The number of carbonyl (C=O) groups excluding carboxylic acids is 1. The molecule has 2 unspecified atom stereocenters. The first-order valence-electron chi connectivity index (χ1n) is 8.21. The third kappa shape index (κ3) is 3.72. The van der Waals surface area contributed by atoms with Gasteiger partial charge in [0, 0.05) is 34.5 Å². The predicted octanol–water partition coefficient (Wildman–Crippen LogP) is 4.05. The minimum atomic E-state index is -0.485. The number of carbonyl (C=O) groups is 1. The SMILES string of the molecule is CCOC(=O)NCC1c2cc(Cl)ccc2Oc2ccccc2C1CO. The van der Waals surface area contributed by atoms with Crippen LogP contribution in [0.2, 0.25) is 5.02 Å². The highest BCUT2D eigenvalue weighted by Gasteiger charge is 2.32. The van der Waals surface area contributed by atoms with Crippen molar-refractivity contribution in [1.29, 1.82) is 0 Å². The van der Waals surface area contributed by atoms with Crippen molar-refractivity contribution < 1.29 is 19.4 Å². The fraction of sp³-hybridized carbons (Fsp3) is 0.316. The summed E-state index contributed by atoms with van der Waals surface area (Å²) in [4.78, 5) is 11.7. The molecule has 0 fully saturated rings. The van der Waals surface area contributed by atoms with Crippen molar-refractivity contribution in [2.45, 2.75) is 18.8 Å². The van der Waals surface area contributed by atoms with Crippen molar-refractivity contribution in [2.75, 3.05) is 19.8 Å². The fourth-order valence-electron chi connectivity index (χ4n) is 3.19. The van der Waals surface area contributed by atoms with E-state index in [2.05, 4.69) is 5.32 Å². The van der Waals surface area contributed by atoms with Gasteiger partial charge in [0.25, 0.3) is 0 Å². The van der Waals surface area contributed by atoms with E-state index in [1.54, 1.807) is 13.0 Å². The lowest BCUT2D eigenvalue weighted by Crippen LogP contribution is -2.32.